The zero-order valence-corrected chi connectivity index (χ0v) is 11.3. The molecule has 1 aromatic heterocycles. The number of aliphatic hydroxyl groups is 1. The van der Waals surface area contributed by atoms with Crippen LogP contribution in [0, 0.1) is 0 Å². The molecule has 0 aromatic carbocycles. The van der Waals surface area contributed by atoms with Crippen LogP contribution < -0.4 is 4.90 Å². The summed E-state index contributed by atoms with van der Waals surface area (Å²) < 4.78 is 0.940. The number of aromatic nitrogens is 2. The molecule has 1 aliphatic heterocycles. The van der Waals surface area contributed by atoms with Gasteiger partial charge in [-0.05, 0) is 28.9 Å². The number of anilines is 1. The summed E-state index contributed by atoms with van der Waals surface area (Å²) in [6.07, 6.45) is 4.45. The van der Waals surface area contributed by atoms with E-state index in [2.05, 4.69) is 35.7 Å². The van der Waals surface area contributed by atoms with Crippen molar-refractivity contribution < 1.29 is 5.11 Å². The predicted octanol–water partition coefficient (Wildman–Crippen LogP) is 0.743. The summed E-state index contributed by atoms with van der Waals surface area (Å²) in [4.78, 5) is 12.8. The molecule has 2 rings (SSSR count). The highest BCUT2D eigenvalue weighted by molar-refractivity contribution is 9.10. The Labute approximate surface area is 110 Å². The van der Waals surface area contributed by atoms with Crippen LogP contribution in [0.3, 0.4) is 0 Å². The van der Waals surface area contributed by atoms with Crippen LogP contribution in [-0.4, -0.2) is 59.3 Å². The molecule has 0 aliphatic carbocycles. The van der Waals surface area contributed by atoms with Gasteiger partial charge in [-0.25, -0.2) is 9.97 Å². The molecule has 94 valence electrons. The van der Waals surface area contributed by atoms with Crippen molar-refractivity contribution in [1.82, 2.24) is 14.9 Å². The third-order valence-electron chi connectivity index (χ3n) is 2.95. The fourth-order valence-corrected chi connectivity index (χ4v) is 2.56. The lowest BCUT2D eigenvalue weighted by molar-refractivity contribution is 0.204. The first-order valence-corrected chi connectivity index (χ1v) is 6.64. The number of hydrogen-bond acceptors (Lipinski definition) is 5. The SMILES string of the molecule is OCCN1CCCN(c2ncncc2Br)CC1. The van der Waals surface area contributed by atoms with E-state index in [0.717, 1.165) is 49.4 Å². The van der Waals surface area contributed by atoms with Crippen molar-refractivity contribution in [1.29, 1.82) is 0 Å². The van der Waals surface area contributed by atoms with Crippen LogP contribution >= 0.6 is 15.9 Å². The second-order valence-electron chi connectivity index (χ2n) is 4.10. The molecule has 2 heterocycles. The zero-order chi connectivity index (χ0) is 12.1. The van der Waals surface area contributed by atoms with E-state index in [4.69, 9.17) is 5.11 Å². The van der Waals surface area contributed by atoms with E-state index < -0.39 is 0 Å². The molecule has 5 nitrogen and oxygen atoms in total. The maximum Gasteiger partial charge on any atom is 0.146 e. The van der Waals surface area contributed by atoms with Crippen LogP contribution in [0.2, 0.25) is 0 Å². The Morgan fingerprint density at radius 1 is 1.29 bits per heavy atom. The molecule has 6 heteroatoms. The third-order valence-corrected chi connectivity index (χ3v) is 3.51. The fraction of sp³-hybridized carbons (Fsp3) is 0.636. The van der Waals surface area contributed by atoms with Crippen molar-refractivity contribution >= 4 is 21.7 Å². The van der Waals surface area contributed by atoms with Gasteiger partial charge in [0, 0.05) is 32.4 Å². The Morgan fingerprint density at radius 3 is 2.94 bits per heavy atom. The molecule has 0 bridgehead atoms. The van der Waals surface area contributed by atoms with Crippen LogP contribution in [0.15, 0.2) is 17.0 Å². The molecular formula is C11H17BrN4O. The monoisotopic (exact) mass is 300 g/mol. The fourth-order valence-electron chi connectivity index (χ4n) is 2.09. The van der Waals surface area contributed by atoms with Gasteiger partial charge in [0.15, 0.2) is 0 Å². The minimum absolute atomic E-state index is 0.233. The number of aliphatic hydroxyl groups excluding tert-OH is 1. The van der Waals surface area contributed by atoms with Crippen molar-refractivity contribution in [2.24, 2.45) is 0 Å². The van der Waals surface area contributed by atoms with Gasteiger partial charge in [-0.15, -0.1) is 0 Å². The molecule has 0 amide bonds. The Balaban J connectivity index is 2.01. The zero-order valence-electron chi connectivity index (χ0n) is 9.72. The lowest BCUT2D eigenvalue weighted by Crippen LogP contribution is -2.32. The lowest BCUT2D eigenvalue weighted by atomic mass is 10.4. The van der Waals surface area contributed by atoms with Gasteiger partial charge in [0.1, 0.15) is 12.1 Å². The molecule has 0 radical (unpaired) electrons. The average molecular weight is 301 g/mol. The Bertz CT molecular complexity index is 363. The quantitative estimate of drug-likeness (QED) is 0.892. The number of rotatable bonds is 3. The highest BCUT2D eigenvalue weighted by atomic mass is 79.9. The van der Waals surface area contributed by atoms with Gasteiger partial charge in [-0.1, -0.05) is 0 Å². The van der Waals surface area contributed by atoms with Gasteiger partial charge in [0.2, 0.25) is 0 Å². The topological polar surface area (TPSA) is 52.5 Å². The molecule has 17 heavy (non-hydrogen) atoms. The molecule has 1 saturated heterocycles. The first-order chi connectivity index (χ1) is 8.31. The molecule has 0 unspecified atom stereocenters. The summed E-state index contributed by atoms with van der Waals surface area (Å²) in [5, 5.41) is 8.95. The molecule has 0 spiro atoms. The molecular weight excluding hydrogens is 284 g/mol. The highest BCUT2D eigenvalue weighted by Gasteiger charge is 2.17. The van der Waals surface area contributed by atoms with Crippen molar-refractivity contribution in [2.75, 3.05) is 44.2 Å². The highest BCUT2D eigenvalue weighted by Crippen LogP contribution is 2.22. The standard InChI is InChI=1S/C11H17BrN4O/c12-10-8-13-9-14-11(10)16-3-1-2-15(4-5-16)6-7-17/h8-9,17H,1-7H2. The Kier molecular flexibility index (Phi) is 4.70. The normalized spacial score (nSPS) is 18.1. The van der Waals surface area contributed by atoms with Crippen molar-refractivity contribution in [3.8, 4) is 0 Å². The van der Waals surface area contributed by atoms with E-state index in [-0.39, 0.29) is 6.61 Å². The summed E-state index contributed by atoms with van der Waals surface area (Å²) in [7, 11) is 0. The van der Waals surface area contributed by atoms with E-state index in [1.807, 2.05) is 0 Å². The molecule has 1 N–H and O–H groups in total. The molecule has 1 fully saturated rings. The number of halogens is 1. The summed E-state index contributed by atoms with van der Waals surface area (Å²) in [6, 6.07) is 0. The first-order valence-electron chi connectivity index (χ1n) is 5.85. The van der Waals surface area contributed by atoms with E-state index in [0.29, 0.717) is 0 Å². The van der Waals surface area contributed by atoms with Gasteiger partial charge in [0.05, 0.1) is 11.1 Å². The van der Waals surface area contributed by atoms with Crippen LogP contribution in [0.25, 0.3) is 0 Å². The molecule has 1 aromatic rings. The second kappa shape index (κ2) is 6.28. The number of nitrogens with zero attached hydrogens (tertiary/aromatic N) is 4. The summed E-state index contributed by atoms with van der Waals surface area (Å²) in [6.45, 7) is 4.94. The maximum absolute atomic E-state index is 8.95. The van der Waals surface area contributed by atoms with Crippen molar-refractivity contribution in [3.63, 3.8) is 0 Å². The van der Waals surface area contributed by atoms with Crippen LogP contribution in [-0.2, 0) is 0 Å². The lowest BCUT2D eigenvalue weighted by Gasteiger charge is -2.22. The largest absolute Gasteiger partial charge is 0.395 e. The van der Waals surface area contributed by atoms with E-state index >= 15 is 0 Å². The minimum atomic E-state index is 0.233. The van der Waals surface area contributed by atoms with Gasteiger partial charge in [0.25, 0.3) is 0 Å². The van der Waals surface area contributed by atoms with E-state index in [1.165, 1.54) is 0 Å². The number of β-amino-alcohol motifs (C(OH)–C–C–N with tert-alkyl or cyclic N) is 1. The Morgan fingerprint density at radius 2 is 2.18 bits per heavy atom. The van der Waals surface area contributed by atoms with Crippen molar-refractivity contribution in [3.05, 3.63) is 17.0 Å². The van der Waals surface area contributed by atoms with Gasteiger partial charge in [-0.2, -0.15) is 0 Å². The van der Waals surface area contributed by atoms with Crippen LogP contribution in [0.4, 0.5) is 5.82 Å². The van der Waals surface area contributed by atoms with Gasteiger partial charge in [-0.3, -0.25) is 4.90 Å². The maximum atomic E-state index is 8.95. The predicted molar refractivity (Wildman–Crippen MR) is 70.1 cm³/mol. The van der Waals surface area contributed by atoms with E-state index in [9.17, 15) is 0 Å². The van der Waals surface area contributed by atoms with Gasteiger partial charge < -0.3 is 10.0 Å². The molecule has 1 aliphatic rings. The smallest absolute Gasteiger partial charge is 0.146 e. The molecule has 0 atom stereocenters. The second-order valence-corrected chi connectivity index (χ2v) is 4.95. The summed E-state index contributed by atoms with van der Waals surface area (Å²) in [5.41, 5.74) is 0. The van der Waals surface area contributed by atoms with Crippen LogP contribution in [0.1, 0.15) is 6.42 Å². The van der Waals surface area contributed by atoms with E-state index in [1.54, 1.807) is 12.5 Å². The average Bonchev–Trinajstić information content (AvgIpc) is 2.56. The number of hydrogen-bond donors (Lipinski definition) is 1. The molecule has 0 saturated carbocycles. The summed E-state index contributed by atoms with van der Waals surface area (Å²) in [5.74, 6) is 0.964. The van der Waals surface area contributed by atoms with Gasteiger partial charge >= 0.3 is 0 Å². The van der Waals surface area contributed by atoms with Crippen LogP contribution in [0.5, 0.6) is 0 Å². The first kappa shape index (κ1) is 12.7. The summed E-state index contributed by atoms with van der Waals surface area (Å²) >= 11 is 3.48. The van der Waals surface area contributed by atoms with Crippen molar-refractivity contribution in [2.45, 2.75) is 6.42 Å². The minimum Gasteiger partial charge on any atom is -0.395 e. The Hall–Kier alpha value is -0.720. The third kappa shape index (κ3) is 3.37.